The van der Waals surface area contributed by atoms with Crippen LogP contribution in [0.3, 0.4) is 0 Å². The van der Waals surface area contributed by atoms with E-state index in [0.29, 0.717) is 22.7 Å². The van der Waals surface area contributed by atoms with E-state index in [4.69, 9.17) is 11.6 Å². The maximum atomic E-state index is 12.6. The number of anilines is 2. The van der Waals surface area contributed by atoms with E-state index in [1.807, 2.05) is 12.1 Å². The molecule has 0 saturated carbocycles. The van der Waals surface area contributed by atoms with Gasteiger partial charge in [0.15, 0.2) is 0 Å². The first-order valence-electron chi connectivity index (χ1n) is 10.2. The summed E-state index contributed by atoms with van der Waals surface area (Å²) in [5.74, 6) is -0.0395. The van der Waals surface area contributed by atoms with Crippen LogP contribution in [-0.4, -0.2) is 17.5 Å². The fraction of sp³-hybridized carbons (Fsp3) is 0.360. The number of hydrogen-bond donors (Lipinski definition) is 1. The van der Waals surface area contributed by atoms with Crippen molar-refractivity contribution >= 4 is 35.0 Å². The van der Waals surface area contributed by atoms with E-state index in [1.165, 1.54) is 11.3 Å². The number of fused-ring (bicyclic) bond motifs is 1. The predicted octanol–water partition coefficient (Wildman–Crippen LogP) is 6.39. The summed E-state index contributed by atoms with van der Waals surface area (Å²) in [6.45, 7) is 11.2. The zero-order valence-corrected chi connectivity index (χ0v) is 18.9. The lowest BCUT2D eigenvalue weighted by Gasteiger charge is -2.50. The minimum atomic E-state index is -0.435. The molecule has 0 spiro atoms. The van der Waals surface area contributed by atoms with E-state index in [-0.39, 0.29) is 11.1 Å². The molecule has 0 fully saturated rings. The van der Waals surface area contributed by atoms with Crippen LogP contribution in [0.4, 0.5) is 11.4 Å². The van der Waals surface area contributed by atoms with Gasteiger partial charge < -0.3 is 10.2 Å². The summed E-state index contributed by atoms with van der Waals surface area (Å²) < 4.78 is 0. The molecule has 1 amide bonds. The summed E-state index contributed by atoms with van der Waals surface area (Å²) in [4.78, 5) is 15.0. The summed E-state index contributed by atoms with van der Waals surface area (Å²) in [6, 6.07) is 15.4. The molecule has 3 rings (SSSR count). The smallest absolute Gasteiger partial charge is 0.266 e. The summed E-state index contributed by atoms with van der Waals surface area (Å²) in [7, 11) is 0. The molecule has 4 nitrogen and oxygen atoms in total. The second-order valence-electron chi connectivity index (χ2n) is 8.83. The van der Waals surface area contributed by atoms with Crippen molar-refractivity contribution in [3.8, 4) is 6.07 Å². The highest BCUT2D eigenvalue weighted by molar-refractivity contribution is 6.30. The first-order chi connectivity index (χ1) is 14.1. The molecule has 30 heavy (non-hydrogen) atoms. The first-order valence-corrected chi connectivity index (χ1v) is 10.6. The average molecular weight is 422 g/mol. The molecule has 0 bridgehead atoms. The molecule has 1 aliphatic heterocycles. The van der Waals surface area contributed by atoms with Crippen LogP contribution >= 0.6 is 11.6 Å². The second-order valence-corrected chi connectivity index (χ2v) is 9.27. The van der Waals surface area contributed by atoms with Gasteiger partial charge in [0.25, 0.3) is 5.91 Å². The van der Waals surface area contributed by atoms with Gasteiger partial charge >= 0.3 is 0 Å². The number of amides is 1. The number of nitriles is 1. The van der Waals surface area contributed by atoms with Gasteiger partial charge in [0.1, 0.15) is 11.6 Å². The Kier molecular flexibility index (Phi) is 6.24. The lowest BCUT2D eigenvalue weighted by Crippen LogP contribution is -2.51. The average Bonchev–Trinajstić information content (AvgIpc) is 2.67. The SMILES string of the molecule is CC1CC(C)(C)N(C(C)C)c2ccc(/C=C(/C#N)C(=O)Nc3ccc(Cl)cc3)cc21. The summed E-state index contributed by atoms with van der Waals surface area (Å²) in [5.41, 5.74) is 4.08. The molecule has 2 aromatic carbocycles. The molecular formula is C25H28ClN3O. The number of carbonyl (C=O) groups excluding carboxylic acids is 1. The molecule has 1 unspecified atom stereocenters. The second kappa shape index (κ2) is 8.53. The number of rotatable bonds is 4. The van der Waals surface area contributed by atoms with Gasteiger partial charge in [-0.3, -0.25) is 4.79 Å². The highest BCUT2D eigenvalue weighted by Gasteiger charge is 2.37. The van der Waals surface area contributed by atoms with E-state index >= 15 is 0 Å². The highest BCUT2D eigenvalue weighted by Crippen LogP contribution is 2.44. The minimum Gasteiger partial charge on any atom is -0.364 e. The van der Waals surface area contributed by atoms with Gasteiger partial charge in [0.2, 0.25) is 0 Å². The largest absolute Gasteiger partial charge is 0.364 e. The van der Waals surface area contributed by atoms with Gasteiger partial charge in [-0.1, -0.05) is 24.6 Å². The van der Waals surface area contributed by atoms with Crippen molar-refractivity contribution in [3.63, 3.8) is 0 Å². The highest BCUT2D eigenvalue weighted by atomic mass is 35.5. The Morgan fingerprint density at radius 1 is 1.27 bits per heavy atom. The maximum Gasteiger partial charge on any atom is 0.266 e. The zero-order valence-electron chi connectivity index (χ0n) is 18.2. The quantitative estimate of drug-likeness (QED) is 0.459. The van der Waals surface area contributed by atoms with Crippen molar-refractivity contribution in [1.82, 2.24) is 0 Å². The fourth-order valence-corrected chi connectivity index (χ4v) is 4.71. The van der Waals surface area contributed by atoms with Crippen LogP contribution in [0.25, 0.3) is 6.08 Å². The van der Waals surface area contributed by atoms with Crippen molar-refractivity contribution in [1.29, 1.82) is 5.26 Å². The number of halogens is 1. The number of carbonyl (C=O) groups is 1. The molecule has 1 aliphatic rings. The third-order valence-corrected chi connectivity index (χ3v) is 5.85. The molecule has 2 aromatic rings. The molecule has 1 N–H and O–H groups in total. The molecule has 5 heteroatoms. The van der Waals surface area contributed by atoms with E-state index in [1.54, 1.807) is 30.3 Å². The van der Waals surface area contributed by atoms with Gasteiger partial charge in [0, 0.05) is 28.0 Å². The Labute approximate surface area is 184 Å². The van der Waals surface area contributed by atoms with Crippen LogP contribution in [0.2, 0.25) is 5.02 Å². The Hall–Kier alpha value is -2.77. The summed E-state index contributed by atoms with van der Waals surface area (Å²) in [5, 5.41) is 12.9. The molecular weight excluding hydrogens is 394 g/mol. The molecule has 1 heterocycles. The molecule has 1 atom stereocenters. The number of nitrogens with zero attached hydrogens (tertiary/aromatic N) is 2. The van der Waals surface area contributed by atoms with E-state index in [9.17, 15) is 10.1 Å². The lowest BCUT2D eigenvalue weighted by atomic mass is 9.79. The zero-order chi connectivity index (χ0) is 22.1. The number of benzene rings is 2. The number of nitrogens with one attached hydrogen (secondary N) is 1. The molecule has 0 saturated heterocycles. The summed E-state index contributed by atoms with van der Waals surface area (Å²) in [6.07, 6.45) is 2.70. The van der Waals surface area contributed by atoms with Gasteiger partial charge in [-0.15, -0.1) is 0 Å². The van der Waals surface area contributed by atoms with Gasteiger partial charge in [-0.05, 0) is 93.6 Å². The molecule has 156 valence electrons. The van der Waals surface area contributed by atoms with Gasteiger partial charge in [0.05, 0.1) is 0 Å². The van der Waals surface area contributed by atoms with E-state index in [2.05, 4.69) is 57.0 Å². The Bertz CT molecular complexity index is 1020. The first kappa shape index (κ1) is 21.9. The maximum absolute atomic E-state index is 12.6. The van der Waals surface area contributed by atoms with Crippen LogP contribution < -0.4 is 10.2 Å². The van der Waals surface area contributed by atoms with Crippen molar-refractivity contribution in [2.75, 3.05) is 10.2 Å². The third-order valence-electron chi connectivity index (χ3n) is 5.59. The van der Waals surface area contributed by atoms with Crippen LogP contribution in [-0.2, 0) is 4.79 Å². The van der Waals surface area contributed by atoms with Crippen LogP contribution in [0, 0.1) is 11.3 Å². The fourth-order valence-electron chi connectivity index (χ4n) is 4.58. The molecule has 0 radical (unpaired) electrons. The standard InChI is InChI=1S/C25H28ClN3O/c1-16(2)29-23-11-6-18(13-22(23)17(3)14-25(29,4)5)12-19(15-27)24(30)28-21-9-7-20(26)8-10-21/h6-13,16-17H,14H2,1-5H3,(H,28,30)/b19-12-. The van der Waals surface area contributed by atoms with Crippen LogP contribution in [0.1, 0.15) is 58.1 Å². The molecule has 0 aromatic heterocycles. The van der Waals surface area contributed by atoms with Crippen LogP contribution in [0.5, 0.6) is 0 Å². The number of hydrogen-bond acceptors (Lipinski definition) is 3. The Morgan fingerprint density at radius 2 is 1.93 bits per heavy atom. The third kappa shape index (κ3) is 4.52. The van der Waals surface area contributed by atoms with Crippen molar-refractivity contribution in [2.24, 2.45) is 0 Å². The van der Waals surface area contributed by atoms with Gasteiger partial charge in [-0.2, -0.15) is 5.26 Å². The topological polar surface area (TPSA) is 56.1 Å². The van der Waals surface area contributed by atoms with Crippen molar-refractivity contribution < 1.29 is 4.79 Å². The summed E-state index contributed by atoms with van der Waals surface area (Å²) >= 11 is 5.88. The Balaban J connectivity index is 1.91. The Morgan fingerprint density at radius 3 is 2.53 bits per heavy atom. The monoisotopic (exact) mass is 421 g/mol. The van der Waals surface area contributed by atoms with E-state index < -0.39 is 5.91 Å². The van der Waals surface area contributed by atoms with Crippen LogP contribution in [0.15, 0.2) is 48.0 Å². The lowest BCUT2D eigenvalue weighted by molar-refractivity contribution is -0.112. The minimum absolute atomic E-state index is 0.0643. The van der Waals surface area contributed by atoms with Gasteiger partial charge in [-0.25, -0.2) is 0 Å². The van der Waals surface area contributed by atoms with Crippen molar-refractivity contribution in [2.45, 2.75) is 58.5 Å². The van der Waals surface area contributed by atoms with Crippen molar-refractivity contribution in [3.05, 3.63) is 64.2 Å². The normalized spacial score (nSPS) is 18.0. The predicted molar refractivity (Wildman–Crippen MR) is 125 cm³/mol. The van der Waals surface area contributed by atoms with E-state index in [0.717, 1.165) is 12.0 Å². The molecule has 0 aliphatic carbocycles.